The molecule has 2 rings (SSSR count). The van der Waals surface area contributed by atoms with Crippen LogP contribution < -0.4 is 10.6 Å². The number of thiocarbonyl (C=S) groups is 1. The van der Waals surface area contributed by atoms with Crippen LogP contribution in [0.3, 0.4) is 0 Å². The Balaban J connectivity index is 2.11. The monoisotopic (exact) mass is 440 g/mol. The third-order valence-corrected chi connectivity index (χ3v) is 4.22. The summed E-state index contributed by atoms with van der Waals surface area (Å²) in [6, 6.07) is 11.8. The number of carboxylic acid groups (broad SMARTS) is 1. The van der Waals surface area contributed by atoms with Crippen LogP contribution in [0, 0.1) is 10.5 Å². The molecule has 118 valence electrons. The second-order valence-electron chi connectivity index (χ2n) is 4.72. The van der Waals surface area contributed by atoms with Crippen LogP contribution in [-0.4, -0.2) is 22.1 Å². The highest BCUT2D eigenvalue weighted by atomic mass is 127. The van der Waals surface area contributed by atoms with E-state index in [0.29, 0.717) is 11.3 Å². The highest BCUT2D eigenvalue weighted by Crippen LogP contribution is 2.17. The Kier molecular flexibility index (Phi) is 5.67. The first-order valence-electron chi connectivity index (χ1n) is 6.59. The van der Waals surface area contributed by atoms with Gasteiger partial charge in [0.05, 0.1) is 11.1 Å². The van der Waals surface area contributed by atoms with Crippen molar-refractivity contribution < 1.29 is 14.7 Å². The minimum Gasteiger partial charge on any atom is -0.478 e. The zero-order valence-corrected chi connectivity index (χ0v) is 15.1. The molecule has 0 spiro atoms. The normalized spacial score (nSPS) is 10.0. The first-order chi connectivity index (χ1) is 10.9. The summed E-state index contributed by atoms with van der Waals surface area (Å²) < 4.78 is 0.814. The number of nitrogens with one attached hydrogen (secondary N) is 2. The zero-order chi connectivity index (χ0) is 17.0. The van der Waals surface area contributed by atoms with Crippen molar-refractivity contribution >= 4 is 57.5 Å². The Morgan fingerprint density at radius 3 is 2.52 bits per heavy atom. The maximum absolute atomic E-state index is 12.2. The van der Waals surface area contributed by atoms with Gasteiger partial charge < -0.3 is 10.4 Å². The maximum Gasteiger partial charge on any atom is 0.335 e. The van der Waals surface area contributed by atoms with Crippen molar-refractivity contribution in [2.45, 2.75) is 6.92 Å². The molecule has 1 amide bonds. The third-order valence-electron chi connectivity index (χ3n) is 3.08. The lowest BCUT2D eigenvalue weighted by Crippen LogP contribution is -2.34. The maximum atomic E-state index is 12.2. The van der Waals surface area contributed by atoms with Gasteiger partial charge in [0.2, 0.25) is 0 Å². The van der Waals surface area contributed by atoms with Gasteiger partial charge in [0.25, 0.3) is 5.91 Å². The van der Waals surface area contributed by atoms with Gasteiger partial charge in [0.15, 0.2) is 5.11 Å². The number of benzene rings is 2. The number of anilines is 1. The van der Waals surface area contributed by atoms with Gasteiger partial charge in [-0.25, -0.2) is 4.79 Å². The number of aryl methyl sites for hydroxylation is 1. The second-order valence-corrected chi connectivity index (χ2v) is 6.29. The fraction of sp³-hybridized carbons (Fsp3) is 0.0625. The molecular formula is C16H13IN2O3S. The molecule has 3 N–H and O–H groups in total. The van der Waals surface area contributed by atoms with Gasteiger partial charge >= 0.3 is 5.97 Å². The van der Waals surface area contributed by atoms with Crippen LogP contribution in [0.15, 0.2) is 42.5 Å². The number of carbonyl (C=O) groups is 2. The molecule has 7 heteroatoms. The van der Waals surface area contributed by atoms with E-state index in [1.165, 1.54) is 12.1 Å². The van der Waals surface area contributed by atoms with Crippen molar-refractivity contribution in [2.75, 3.05) is 5.32 Å². The fourth-order valence-electron chi connectivity index (χ4n) is 1.86. The van der Waals surface area contributed by atoms with E-state index in [0.717, 1.165) is 9.13 Å². The zero-order valence-electron chi connectivity index (χ0n) is 12.1. The van der Waals surface area contributed by atoms with Crippen molar-refractivity contribution in [1.29, 1.82) is 0 Å². The lowest BCUT2D eigenvalue weighted by atomic mass is 10.1. The van der Waals surface area contributed by atoms with Crippen molar-refractivity contribution in [3.8, 4) is 0 Å². The largest absolute Gasteiger partial charge is 0.478 e. The van der Waals surface area contributed by atoms with Gasteiger partial charge in [-0.1, -0.05) is 18.2 Å². The standard InChI is InChI=1S/C16H13IN2O3S/c1-9-6-7-10(15(21)22)8-13(9)18-16(23)19-14(20)11-4-2-3-5-12(11)17/h2-8H,1H3,(H,21,22)(H2,18,19,20,23). The van der Waals surface area contributed by atoms with Crippen LogP contribution in [0.25, 0.3) is 0 Å². The molecule has 2 aromatic carbocycles. The Morgan fingerprint density at radius 2 is 1.87 bits per heavy atom. The Hall–Kier alpha value is -2.00. The summed E-state index contributed by atoms with van der Waals surface area (Å²) >= 11 is 7.20. The lowest BCUT2D eigenvalue weighted by Gasteiger charge is -2.13. The molecule has 23 heavy (non-hydrogen) atoms. The molecule has 0 aromatic heterocycles. The molecule has 0 fully saturated rings. The van der Waals surface area contributed by atoms with Crippen LogP contribution in [0.4, 0.5) is 5.69 Å². The van der Waals surface area contributed by atoms with Gasteiger partial charge in [-0.05, 0) is 71.6 Å². The number of hydrogen-bond donors (Lipinski definition) is 3. The van der Waals surface area contributed by atoms with E-state index in [1.54, 1.807) is 18.2 Å². The van der Waals surface area contributed by atoms with Crippen LogP contribution in [0.2, 0.25) is 0 Å². The summed E-state index contributed by atoms with van der Waals surface area (Å²) in [7, 11) is 0. The highest BCUT2D eigenvalue weighted by Gasteiger charge is 2.12. The predicted molar refractivity (Wildman–Crippen MR) is 101 cm³/mol. The molecule has 0 atom stereocenters. The van der Waals surface area contributed by atoms with E-state index in [1.807, 2.05) is 19.1 Å². The smallest absolute Gasteiger partial charge is 0.335 e. The minimum absolute atomic E-state index is 0.111. The van der Waals surface area contributed by atoms with E-state index in [2.05, 4.69) is 33.2 Å². The number of halogens is 1. The van der Waals surface area contributed by atoms with Gasteiger partial charge in [0, 0.05) is 9.26 Å². The molecule has 0 saturated heterocycles. The molecule has 5 nitrogen and oxygen atoms in total. The Bertz CT molecular complexity index is 793. The predicted octanol–water partition coefficient (Wildman–Crippen LogP) is 3.42. The molecule has 0 saturated carbocycles. The topological polar surface area (TPSA) is 78.4 Å². The molecule has 2 aromatic rings. The van der Waals surface area contributed by atoms with Crippen LogP contribution >= 0.6 is 34.8 Å². The van der Waals surface area contributed by atoms with Gasteiger partial charge in [-0.3, -0.25) is 10.1 Å². The van der Waals surface area contributed by atoms with Crippen molar-refractivity contribution in [1.82, 2.24) is 5.32 Å². The van der Waals surface area contributed by atoms with E-state index in [9.17, 15) is 9.59 Å². The van der Waals surface area contributed by atoms with E-state index in [-0.39, 0.29) is 16.6 Å². The minimum atomic E-state index is -1.03. The molecule has 0 unspecified atom stereocenters. The third kappa shape index (κ3) is 4.49. The summed E-state index contributed by atoms with van der Waals surface area (Å²) in [4.78, 5) is 23.2. The molecule has 0 aliphatic rings. The van der Waals surface area contributed by atoms with Crippen LogP contribution in [-0.2, 0) is 0 Å². The number of carbonyl (C=O) groups excluding carboxylic acids is 1. The number of rotatable bonds is 3. The summed E-state index contributed by atoms with van der Waals surface area (Å²) in [5.41, 5.74) is 2.02. The summed E-state index contributed by atoms with van der Waals surface area (Å²) in [5, 5.41) is 14.6. The number of aromatic carboxylic acids is 1. The number of carboxylic acids is 1. The average Bonchev–Trinajstić information content (AvgIpc) is 2.49. The average molecular weight is 440 g/mol. The van der Waals surface area contributed by atoms with Crippen LogP contribution in [0.5, 0.6) is 0 Å². The highest BCUT2D eigenvalue weighted by molar-refractivity contribution is 14.1. The Labute approximate surface area is 152 Å². The Morgan fingerprint density at radius 1 is 1.17 bits per heavy atom. The van der Waals surface area contributed by atoms with Crippen molar-refractivity contribution in [3.63, 3.8) is 0 Å². The summed E-state index contributed by atoms with van der Waals surface area (Å²) in [5.74, 6) is -1.35. The number of amides is 1. The SMILES string of the molecule is Cc1ccc(C(=O)O)cc1NC(=S)NC(=O)c1ccccc1I. The lowest BCUT2D eigenvalue weighted by molar-refractivity contribution is 0.0696. The quantitative estimate of drug-likeness (QED) is 0.504. The van der Waals surface area contributed by atoms with E-state index in [4.69, 9.17) is 17.3 Å². The summed E-state index contributed by atoms with van der Waals surface area (Å²) in [6.45, 7) is 1.82. The van der Waals surface area contributed by atoms with Crippen molar-refractivity contribution in [3.05, 3.63) is 62.7 Å². The van der Waals surface area contributed by atoms with Gasteiger partial charge in [-0.2, -0.15) is 0 Å². The van der Waals surface area contributed by atoms with Crippen LogP contribution in [0.1, 0.15) is 26.3 Å². The van der Waals surface area contributed by atoms with Gasteiger partial charge in [-0.15, -0.1) is 0 Å². The molecule has 0 heterocycles. The first-order valence-corrected chi connectivity index (χ1v) is 8.08. The first kappa shape index (κ1) is 17.4. The fourth-order valence-corrected chi connectivity index (χ4v) is 2.69. The molecule has 0 aliphatic heterocycles. The van der Waals surface area contributed by atoms with Crippen molar-refractivity contribution in [2.24, 2.45) is 0 Å². The molecule has 0 radical (unpaired) electrons. The second kappa shape index (κ2) is 7.51. The van der Waals surface area contributed by atoms with E-state index < -0.39 is 5.97 Å². The van der Waals surface area contributed by atoms with E-state index >= 15 is 0 Å². The number of hydrogen-bond acceptors (Lipinski definition) is 3. The molecule has 0 bridgehead atoms. The molecular weight excluding hydrogens is 427 g/mol. The van der Waals surface area contributed by atoms with Gasteiger partial charge in [0.1, 0.15) is 0 Å². The summed E-state index contributed by atoms with van der Waals surface area (Å²) in [6.07, 6.45) is 0. The molecule has 0 aliphatic carbocycles.